The molecule has 1 rings (SSSR count). The summed E-state index contributed by atoms with van der Waals surface area (Å²) in [7, 11) is 3.83. The van der Waals surface area contributed by atoms with Crippen LogP contribution in [0.25, 0.3) is 0 Å². The van der Waals surface area contributed by atoms with Gasteiger partial charge in [-0.1, -0.05) is 18.5 Å². The Morgan fingerprint density at radius 1 is 1.36 bits per heavy atom. The number of nitrogens with zero attached hydrogens (tertiary/aromatic N) is 1. The molecule has 0 aliphatic carbocycles. The molecule has 0 radical (unpaired) electrons. The lowest BCUT2D eigenvalue weighted by atomic mass is 9.94. The van der Waals surface area contributed by atoms with E-state index in [1.807, 2.05) is 25.9 Å². The van der Waals surface area contributed by atoms with Crippen LogP contribution in [0.5, 0.6) is 5.75 Å². The largest absolute Gasteiger partial charge is 0.482 e. The van der Waals surface area contributed by atoms with E-state index in [-0.39, 0.29) is 29.1 Å². The second-order valence-corrected chi connectivity index (χ2v) is 5.46. The number of hydrogen-bond donors (Lipinski definition) is 1. The van der Waals surface area contributed by atoms with Crippen LogP contribution in [0.2, 0.25) is 5.02 Å². The van der Waals surface area contributed by atoms with Crippen molar-refractivity contribution in [2.45, 2.75) is 13.3 Å². The van der Waals surface area contributed by atoms with E-state index in [1.165, 1.54) is 6.07 Å². The van der Waals surface area contributed by atoms with Crippen LogP contribution in [0, 0.1) is 5.92 Å². The summed E-state index contributed by atoms with van der Waals surface area (Å²) in [5.41, 5.74) is 0.438. The minimum atomic E-state index is -1.07. The maximum Gasteiger partial charge on any atom is 0.341 e. The summed E-state index contributed by atoms with van der Waals surface area (Å²) in [5, 5.41) is 8.84. The highest BCUT2D eigenvalue weighted by molar-refractivity contribution is 6.34. The highest BCUT2D eigenvalue weighted by Gasteiger charge is 2.21. The molecule has 0 heterocycles. The number of carboxylic acid groups (broad SMARTS) is 1. The van der Waals surface area contributed by atoms with E-state index in [4.69, 9.17) is 21.4 Å². The van der Waals surface area contributed by atoms with Gasteiger partial charge in [-0.05, 0) is 38.7 Å². The molecule has 0 aromatic heterocycles. The van der Waals surface area contributed by atoms with Crippen molar-refractivity contribution in [2.24, 2.45) is 5.92 Å². The molecule has 1 atom stereocenters. The molecule has 0 saturated carbocycles. The molecule has 0 saturated heterocycles. The molecule has 0 spiro atoms. The van der Waals surface area contributed by atoms with Crippen LogP contribution in [-0.2, 0) is 4.79 Å². The van der Waals surface area contributed by atoms with Crippen LogP contribution >= 0.6 is 24.0 Å². The first kappa shape index (κ1) is 20.7. The number of ketones is 1. The Morgan fingerprint density at radius 2 is 2.00 bits per heavy atom. The fourth-order valence-electron chi connectivity index (χ4n) is 1.99. The summed E-state index contributed by atoms with van der Waals surface area (Å²) in [5.74, 6) is -0.868. The van der Waals surface area contributed by atoms with E-state index in [0.717, 1.165) is 6.42 Å². The molecule has 5 nitrogen and oxygen atoms in total. The maximum atomic E-state index is 12.5. The average molecular weight is 350 g/mol. The summed E-state index contributed by atoms with van der Waals surface area (Å²) >= 11 is 6.12. The lowest BCUT2D eigenvalue weighted by Crippen LogP contribution is -2.27. The lowest BCUT2D eigenvalue weighted by Gasteiger charge is -2.19. The van der Waals surface area contributed by atoms with Gasteiger partial charge in [-0.2, -0.15) is 0 Å². The minimum absolute atomic E-state index is 0. The number of Topliss-reactive ketones (excluding diaryl/α,β-unsaturated/α-hetero) is 1. The van der Waals surface area contributed by atoms with E-state index in [0.29, 0.717) is 17.9 Å². The monoisotopic (exact) mass is 349 g/mol. The van der Waals surface area contributed by atoms with Crippen molar-refractivity contribution >= 4 is 35.8 Å². The molecule has 1 aromatic carbocycles. The van der Waals surface area contributed by atoms with Crippen molar-refractivity contribution in [3.8, 4) is 5.75 Å². The van der Waals surface area contributed by atoms with Gasteiger partial charge in [0.05, 0.1) is 5.02 Å². The van der Waals surface area contributed by atoms with Crippen molar-refractivity contribution in [1.29, 1.82) is 0 Å². The Bertz CT molecular complexity index is 520. The fourth-order valence-corrected chi connectivity index (χ4v) is 2.25. The average Bonchev–Trinajstić information content (AvgIpc) is 2.41. The summed E-state index contributed by atoms with van der Waals surface area (Å²) in [6.45, 7) is 2.18. The predicted molar refractivity (Wildman–Crippen MR) is 88.5 cm³/mol. The maximum absolute atomic E-state index is 12.5. The van der Waals surface area contributed by atoms with Crippen LogP contribution in [-0.4, -0.2) is 49.0 Å². The molecule has 0 fully saturated rings. The van der Waals surface area contributed by atoms with Gasteiger partial charge in [0, 0.05) is 18.0 Å². The SMILES string of the molecule is CCC(CN(C)C)C(=O)c1ccc(OCC(=O)O)cc1Cl.Cl. The third kappa shape index (κ3) is 6.22. The molecule has 124 valence electrons. The molecule has 1 unspecified atom stereocenters. The van der Waals surface area contributed by atoms with Crippen LogP contribution in [0.3, 0.4) is 0 Å². The second-order valence-electron chi connectivity index (χ2n) is 5.06. The van der Waals surface area contributed by atoms with Gasteiger partial charge in [-0.15, -0.1) is 12.4 Å². The number of rotatable bonds is 8. The number of hydrogen-bond acceptors (Lipinski definition) is 4. The third-order valence-electron chi connectivity index (χ3n) is 3.02. The summed E-state index contributed by atoms with van der Waals surface area (Å²) < 4.78 is 5.03. The summed E-state index contributed by atoms with van der Waals surface area (Å²) in [6.07, 6.45) is 0.727. The Hall–Kier alpha value is -1.30. The highest BCUT2D eigenvalue weighted by atomic mass is 35.5. The lowest BCUT2D eigenvalue weighted by molar-refractivity contribution is -0.139. The molecule has 1 aromatic rings. The first-order valence-corrected chi connectivity index (χ1v) is 7.06. The van der Waals surface area contributed by atoms with Gasteiger partial charge < -0.3 is 14.7 Å². The Morgan fingerprint density at radius 3 is 2.45 bits per heavy atom. The topological polar surface area (TPSA) is 66.8 Å². The number of halogens is 2. The molecule has 0 aliphatic rings. The van der Waals surface area contributed by atoms with Gasteiger partial charge in [0.25, 0.3) is 0 Å². The van der Waals surface area contributed by atoms with Crippen molar-refractivity contribution in [3.63, 3.8) is 0 Å². The van der Waals surface area contributed by atoms with Gasteiger partial charge in [-0.25, -0.2) is 4.79 Å². The first-order chi connectivity index (χ1) is 9.85. The second kappa shape index (κ2) is 9.66. The van der Waals surface area contributed by atoms with Crippen LogP contribution in [0.4, 0.5) is 0 Å². The number of aliphatic carboxylic acids is 1. The van der Waals surface area contributed by atoms with E-state index in [2.05, 4.69) is 0 Å². The van der Waals surface area contributed by atoms with Crippen LogP contribution < -0.4 is 4.74 Å². The zero-order valence-electron chi connectivity index (χ0n) is 12.8. The van der Waals surface area contributed by atoms with Crippen molar-refractivity contribution in [1.82, 2.24) is 4.90 Å². The summed E-state index contributed by atoms with van der Waals surface area (Å²) in [6, 6.07) is 4.62. The molecule has 7 heteroatoms. The van der Waals surface area contributed by atoms with Crippen LogP contribution in [0.15, 0.2) is 18.2 Å². The number of benzene rings is 1. The third-order valence-corrected chi connectivity index (χ3v) is 3.33. The normalized spacial score (nSPS) is 11.7. The number of ether oxygens (including phenoxy) is 1. The van der Waals surface area contributed by atoms with Crippen molar-refractivity contribution in [3.05, 3.63) is 28.8 Å². The van der Waals surface area contributed by atoms with Crippen LogP contribution in [0.1, 0.15) is 23.7 Å². The molecular formula is C15H21Cl2NO4. The molecule has 0 aliphatic heterocycles. The Balaban J connectivity index is 0.00000441. The number of carbonyl (C=O) groups excluding carboxylic acids is 1. The number of carboxylic acids is 1. The zero-order valence-corrected chi connectivity index (χ0v) is 14.4. The molecule has 0 bridgehead atoms. The van der Waals surface area contributed by atoms with E-state index >= 15 is 0 Å². The smallest absolute Gasteiger partial charge is 0.341 e. The molecule has 1 N–H and O–H groups in total. The van der Waals surface area contributed by atoms with Crippen molar-refractivity contribution < 1.29 is 19.4 Å². The Kier molecular flexibility index (Phi) is 9.09. The van der Waals surface area contributed by atoms with Gasteiger partial charge in [0.15, 0.2) is 12.4 Å². The van der Waals surface area contributed by atoms with E-state index < -0.39 is 12.6 Å². The standard InChI is InChI=1S/C15H20ClNO4.ClH/c1-4-10(8-17(2)3)15(20)12-6-5-11(7-13(12)16)21-9-14(18)19;/h5-7,10H,4,8-9H2,1-3H3,(H,18,19);1H. The van der Waals surface area contributed by atoms with Gasteiger partial charge in [-0.3, -0.25) is 4.79 Å². The molecule has 0 amide bonds. The van der Waals surface area contributed by atoms with Gasteiger partial charge in [0.2, 0.25) is 0 Å². The van der Waals surface area contributed by atoms with Crippen molar-refractivity contribution in [2.75, 3.05) is 27.2 Å². The minimum Gasteiger partial charge on any atom is -0.482 e. The number of carbonyl (C=O) groups is 2. The highest BCUT2D eigenvalue weighted by Crippen LogP contribution is 2.26. The van der Waals surface area contributed by atoms with Gasteiger partial charge in [0.1, 0.15) is 5.75 Å². The Labute approximate surface area is 141 Å². The quantitative estimate of drug-likeness (QED) is 0.730. The van der Waals surface area contributed by atoms with Gasteiger partial charge >= 0.3 is 5.97 Å². The fraction of sp³-hybridized carbons (Fsp3) is 0.467. The predicted octanol–water partition coefficient (Wildman–Crippen LogP) is 3.00. The first-order valence-electron chi connectivity index (χ1n) is 6.68. The zero-order chi connectivity index (χ0) is 16.0. The summed E-state index contributed by atoms with van der Waals surface area (Å²) in [4.78, 5) is 24.9. The van der Waals surface area contributed by atoms with E-state index in [9.17, 15) is 9.59 Å². The van der Waals surface area contributed by atoms with E-state index in [1.54, 1.807) is 12.1 Å². The molecule has 22 heavy (non-hydrogen) atoms. The molecular weight excluding hydrogens is 329 g/mol.